The van der Waals surface area contributed by atoms with Crippen molar-refractivity contribution in [2.75, 3.05) is 25.5 Å². The molecule has 10 heteroatoms. The lowest BCUT2D eigenvalue weighted by atomic mass is 9.97. The number of carbonyl (C=O) groups is 1. The van der Waals surface area contributed by atoms with Crippen molar-refractivity contribution >= 4 is 23.3 Å². The molecule has 2 aliphatic heterocycles. The monoisotopic (exact) mass is 456 g/mol. The highest BCUT2D eigenvalue weighted by molar-refractivity contribution is 6.36. The lowest BCUT2D eigenvalue weighted by Crippen LogP contribution is -2.36. The van der Waals surface area contributed by atoms with E-state index in [1.165, 1.54) is 7.11 Å². The van der Waals surface area contributed by atoms with Gasteiger partial charge in [-0.15, -0.1) is 0 Å². The molecule has 0 bridgehead atoms. The first-order valence-electron chi connectivity index (χ1n) is 10.3. The van der Waals surface area contributed by atoms with Crippen LogP contribution in [0.5, 0.6) is 5.75 Å². The molecule has 0 spiro atoms. The maximum absolute atomic E-state index is 13.9. The second-order valence-corrected chi connectivity index (χ2v) is 8.30. The fourth-order valence-corrected chi connectivity index (χ4v) is 4.46. The van der Waals surface area contributed by atoms with Crippen molar-refractivity contribution in [3.63, 3.8) is 0 Å². The molecule has 2 aromatic rings. The predicted octanol–water partition coefficient (Wildman–Crippen LogP) is 5.22. The topological polar surface area (TPSA) is 59.4 Å². The van der Waals surface area contributed by atoms with Gasteiger partial charge in [-0.3, -0.25) is 4.79 Å². The number of likely N-dealkylation sites (tertiary alicyclic amines) is 1. The van der Waals surface area contributed by atoms with Crippen LogP contribution in [0.15, 0.2) is 24.3 Å². The smallest absolute Gasteiger partial charge is 0.410 e. The molecule has 168 valence electrons. The fraction of sp³-hybridized carbons (Fsp3) is 0.524. The molecule has 2 atom stereocenters. The van der Waals surface area contributed by atoms with E-state index >= 15 is 0 Å². The number of amides is 1. The minimum absolute atomic E-state index is 0.0224. The van der Waals surface area contributed by atoms with Gasteiger partial charge in [0, 0.05) is 19.5 Å². The molecule has 0 unspecified atom stereocenters. The fourth-order valence-electron chi connectivity index (χ4n) is 4.20. The van der Waals surface area contributed by atoms with E-state index in [0.29, 0.717) is 24.4 Å². The molecule has 1 N–H and O–H groups in total. The van der Waals surface area contributed by atoms with Crippen molar-refractivity contribution in [2.45, 2.75) is 50.4 Å². The third kappa shape index (κ3) is 4.33. The minimum Gasteiger partial charge on any atom is -0.497 e. The number of halogens is 4. The third-order valence-electron chi connectivity index (χ3n) is 5.91. The molecule has 2 aliphatic rings. The van der Waals surface area contributed by atoms with Gasteiger partial charge in [-0.25, -0.2) is 4.68 Å². The van der Waals surface area contributed by atoms with Crippen LogP contribution in [-0.4, -0.2) is 47.0 Å². The van der Waals surface area contributed by atoms with Crippen LogP contribution in [0.3, 0.4) is 0 Å². The van der Waals surface area contributed by atoms with E-state index in [1.807, 2.05) is 0 Å². The molecule has 0 saturated carbocycles. The number of alkyl halides is 3. The zero-order valence-electron chi connectivity index (χ0n) is 17.1. The Morgan fingerprint density at radius 2 is 1.81 bits per heavy atom. The van der Waals surface area contributed by atoms with Crippen LogP contribution in [-0.2, 0) is 0 Å². The first-order valence-corrected chi connectivity index (χ1v) is 10.7. The molecule has 0 radical (unpaired) electrons. The summed E-state index contributed by atoms with van der Waals surface area (Å²) in [6.45, 7) is 1.11. The molecule has 1 saturated heterocycles. The van der Waals surface area contributed by atoms with Crippen LogP contribution < -0.4 is 10.1 Å². The average molecular weight is 457 g/mol. The van der Waals surface area contributed by atoms with E-state index in [9.17, 15) is 18.0 Å². The molecule has 1 aromatic carbocycles. The predicted molar refractivity (Wildman–Crippen MR) is 111 cm³/mol. The Balaban J connectivity index is 1.69. The molecule has 0 aliphatic carbocycles. The lowest BCUT2D eigenvalue weighted by molar-refractivity contribution is -0.173. The molecule has 1 amide bonds. The lowest BCUT2D eigenvalue weighted by Gasteiger charge is -2.33. The molecule has 1 fully saturated rings. The summed E-state index contributed by atoms with van der Waals surface area (Å²) in [6.07, 6.45) is -1.03. The van der Waals surface area contributed by atoms with Crippen LogP contribution in [0.2, 0.25) is 5.02 Å². The quantitative estimate of drug-likeness (QED) is 0.687. The molecular formula is C21H24ClF3N4O2. The summed E-state index contributed by atoms with van der Waals surface area (Å²) in [5, 5.41) is 7.05. The molecule has 3 heterocycles. The number of hydrogen-bond donors (Lipinski definition) is 1. The number of fused-ring (bicyclic) bond motifs is 1. The van der Waals surface area contributed by atoms with Crippen LogP contribution in [0.4, 0.5) is 19.0 Å². The Hall–Kier alpha value is -2.42. The Bertz CT molecular complexity index is 937. The molecule has 6 nitrogen and oxygen atoms in total. The highest BCUT2D eigenvalue weighted by atomic mass is 35.5. The van der Waals surface area contributed by atoms with Crippen LogP contribution in [0.1, 0.15) is 60.2 Å². The van der Waals surface area contributed by atoms with Crippen LogP contribution >= 0.6 is 11.6 Å². The number of rotatable bonds is 3. The number of carbonyl (C=O) groups excluding carboxylic acids is 1. The molecular weight excluding hydrogens is 433 g/mol. The van der Waals surface area contributed by atoms with Gasteiger partial charge in [-0.05, 0) is 30.5 Å². The van der Waals surface area contributed by atoms with Gasteiger partial charge in [0.25, 0.3) is 5.91 Å². The highest BCUT2D eigenvalue weighted by Gasteiger charge is 2.48. The summed E-state index contributed by atoms with van der Waals surface area (Å²) >= 11 is 6.43. The van der Waals surface area contributed by atoms with E-state index in [4.69, 9.17) is 16.3 Å². The molecule has 4 rings (SSSR count). The van der Waals surface area contributed by atoms with E-state index in [2.05, 4.69) is 10.4 Å². The number of methoxy groups -OCH3 is 1. The van der Waals surface area contributed by atoms with Crippen molar-refractivity contribution in [1.29, 1.82) is 0 Å². The van der Waals surface area contributed by atoms with Gasteiger partial charge in [0.15, 0.2) is 11.7 Å². The zero-order valence-corrected chi connectivity index (χ0v) is 17.8. The van der Waals surface area contributed by atoms with Crippen molar-refractivity contribution in [3.05, 3.63) is 40.5 Å². The van der Waals surface area contributed by atoms with Gasteiger partial charge in [0.1, 0.15) is 16.6 Å². The summed E-state index contributed by atoms with van der Waals surface area (Å²) in [7, 11) is 1.52. The maximum atomic E-state index is 13.9. The van der Waals surface area contributed by atoms with Gasteiger partial charge >= 0.3 is 6.18 Å². The minimum atomic E-state index is -4.54. The standard InChI is InChI=1S/C21H24ClF3N4O2/c1-31-14-8-6-13(7-9-14)15-12-16(21(23,24)25)29-19(26-15)17(22)18(27-29)20(30)28-10-4-2-3-5-11-28/h6-9,15-16,26H,2-5,10-12H2,1H3/t15-,16+/m1/s1. The normalized spacial score (nSPS) is 21.8. The second kappa shape index (κ2) is 8.61. The van der Waals surface area contributed by atoms with Gasteiger partial charge in [0.2, 0.25) is 0 Å². The summed E-state index contributed by atoms with van der Waals surface area (Å²) in [5.74, 6) is 0.215. The Morgan fingerprint density at radius 1 is 1.16 bits per heavy atom. The first-order chi connectivity index (χ1) is 14.8. The molecule has 1 aromatic heterocycles. The number of anilines is 1. The first kappa shape index (κ1) is 21.8. The summed E-state index contributed by atoms with van der Waals surface area (Å²) in [6, 6.07) is 4.29. The highest BCUT2D eigenvalue weighted by Crippen LogP contribution is 2.46. The second-order valence-electron chi connectivity index (χ2n) is 7.93. The number of aromatic nitrogens is 2. The molecule has 31 heavy (non-hydrogen) atoms. The summed E-state index contributed by atoms with van der Waals surface area (Å²) < 4.78 is 47.7. The van der Waals surface area contributed by atoms with Crippen molar-refractivity contribution < 1.29 is 22.7 Å². The summed E-state index contributed by atoms with van der Waals surface area (Å²) in [5.41, 5.74) is 0.537. The number of ether oxygens (including phenoxy) is 1. The largest absolute Gasteiger partial charge is 0.497 e. The number of hydrogen-bond acceptors (Lipinski definition) is 4. The Kier molecular flexibility index (Phi) is 6.05. The van der Waals surface area contributed by atoms with Gasteiger partial charge in [0.05, 0.1) is 13.2 Å². The van der Waals surface area contributed by atoms with Crippen molar-refractivity contribution in [2.24, 2.45) is 0 Å². The van der Waals surface area contributed by atoms with Gasteiger partial charge < -0.3 is 15.0 Å². The SMILES string of the molecule is COc1ccc([C@H]2C[C@@H](C(F)(F)F)n3nc(C(=O)N4CCCCCC4)c(Cl)c3N2)cc1. The number of benzene rings is 1. The maximum Gasteiger partial charge on any atom is 0.410 e. The van der Waals surface area contributed by atoms with Gasteiger partial charge in [-0.1, -0.05) is 36.6 Å². The third-order valence-corrected chi connectivity index (χ3v) is 6.27. The van der Waals surface area contributed by atoms with Crippen LogP contribution in [0, 0.1) is 0 Å². The summed E-state index contributed by atoms with van der Waals surface area (Å²) in [4.78, 5) is 14.6. The Morgan fingerprint density at radius 3 is 2.39 bits per heavy atom. The van der Waals surface area contributed by atoms with E-state index < -0.39 is 24.2 Å². The Labute approximate surface area is 183 Å². The van der Waals surface area contributed by atoms with Gasteiger partial charge in [-0.2, -0.15) is 18.3 Å². The van der Waals surface area contributed by atoms with Crippen molar-refractivity contribution in [1.82, 2.24) is 14.7 Å². The van der Waals surface area contributed by atoms with E-state index in [0.717, 1.165) is 30.4 Å². The van der Waals surface area contributed by atoms with E-state index in [1.54, 1.807) is 29.2 Å². The number of nitrogens with zero attached hydrogens (tertiary/aromatic N) is 3. The number of nitrogens with one attached hydrogen (secondary N) is 1. The van der Waals surface area contributed by atoms with E-state index in [-0.39, 0.29) is 23.0 Å². The van der Waals surface area contributed by atoms with Crippen LogP contribution in [0.25, 0.3) is 0 Å². The average Bonchev–Trinajstić information content (AvgIpc) is 2.93. The van der Waals surface area contributed by atoms with Crippen molar-refractivity contribution in [3.8, 4) is 5.75 Å². The zero-order chi connectivity index (χ0) is 22.2.